The van der Waals surface area contributed by atoms with Gasteiger partial charge in [0, 0.05) is 35.6 Å². The maximum absolute atomic E-state index is 13.0. The van der Waals surface area contributed by atoms with Crippen LogP contribution in [0.2, 0.25) is 0 Å². The number of amides is 1. The van der Waals surface area contributed by atoms with Crippen molar-refractivity contribution in [3.05, 3.63) is 76.7 Å². The minimum atomic E-state index is -1.14. The van der Waals surface area contributed by atoms with Crippen LogP contribution in [0.4, 0.5) is 5.69 Å². The fourth-order valence-electron chi connectivity index (χ4n) is 5.78. The number of aliphatic hydroxyl groups is 1. The summed E-state index contributed by atoms with van der Waals surface area (Å²) in [4.78, 5) is 29.0. The summed E-state index contributed by atoms with van der Waals surface area (Å²) in [5, 5.41) is 12.8. The highest BCUT2D eigenvalue weighted by Crippen LogP contribution is 2.32. The molecule has 0 spiro atoms. The molecule has 0 atom stereocenters. The van der Waals surface area contributed by atoms with E-state index in [2.05, 4.69) is 18.2 Å². The summed E-state index contributed by atoms with van der Waals surface area (Å²) >= 11 is 1.67. The predicted octanol–water partition coefficient (Wildman–Crippen LogP) is 5.90. The first-order valence-corrected chi connectivity index (χ1v) is 14.4. The number of nitrogens with zero attached hydrogens (tertiary/aromatic N) is 1. The van der Waals surface area contributed by atoms with Crippen LogP contribution in [0, 0.1) is 5.92 Å². The van der Waals surface area contributed by atoms with E-state index in [0.29, 0.717) is 43.1 Å². The minimum absolute atomic E-state index is 0.0601. The lowest BCUT2D eigenvalue weighted by molar-refractivity contribution is -0.156. The fourth-order valence-corrected chi connectivity index (χ4v) is 6.50. The van der Waals surface area contributed by atoms with Gasteiger partial charge in [0.25, 0.3) is 5.91 Å². The van der Waals surface area contributed by atoms with Gasteiger partial charge in [0.05, 0.1) is 0 Å². The summed E-state index contributed by atoms with van der Waals surface area (Å²) < 4.78 is 0. The molecule has 1 aliphatic carbocycles. The number of rotatable bonds is 7. The largest absolute Gasteiger partial charge is 0.398 e. The van der Waals surface area contributed by atoms with Gasteiger partial charge in [-0.2, -0.15) is 0 Å². The van der Waals surface area contributed by atoms with E-state index < -0.39 is 5.60 Å². The number of nitrogen functional groups attached to an aromatic ring is 1. The SMILES string of the molecule is Nc1ccc(-c2cccs2)cc1CC(=O)c1ccc(CC2CCN(C(=O)C3(O)CCCCC3)CC2)cc1. The van der Waals surface area contributed by atoms with Gasteiger partial charge < -0.3 is 15.7 Å². The van der Waals surface area contributed by atoms with Crippen LogP contribution in [-0.4, -0.2) is 40.4 Å². The van der Waals surface area contributed by atoms with Crippen molar-refractivity contribution in [1.82, 2.24) is 4.90 Å². The lowest BCUT2D eigenvalue weighted by Crippen LogP contribution is -2.52. The van der Waals surface area contributed by atoms with Crippen LogP contribution in [0.3, 0.4) is 0 Å². The number of anilines is 1. The number of hydrogen-bond acceptors (Lipinski definition) is 5. The summed E-state index contributed by atoms with van der Waals surface area (Å²) in [5.41, 5.74) is 9.56. The monoisotopic (exact) mass is 516 g/mol. The molecule has 194 valence electrons. The van der Waals surface area contributed by atoms with Gasteiger partial charge in [-0.3, -0.25) is 9.59 Å². The van der Waals surface area contributed by atoms with Crippen molar-refractivity contribution in [2.24, 2.45) is 5.92 Å². The second kappa shape index (κ2) is 11.2. The zero-order valence-electron chi connectivity index (χ0n) is 21.3. The molecule has 1 saturated heterocycles. The first kappa shape index (κ1) is 25.7. The molecule has 1 aromatic heterocycles. The molecule has 2 aromatic carbocycles. The van der Waals surface area contributed by atoms with E-state index in [4.69, 9.17) is 5.73 Å². The highest BCUT2D eigenvalue weighted by atomic mass is 32.1. The third-order valence-electron chi connectivity index (χ3n) is 8.08. The molecular formula is C31H36N2O3S. The standard InChI is InChI=1S/C31H36N2O3S/c32-27-11-10-25(29-5-4-18-37-29)20-26(27)21-28(34)24-8-6-22(7-9-24)19-23-12-16-33(17-13-23)30(35)31(36)14-2-1-3-15-31/h4-11,18,20,23,36H,1-3,12-17,19,21,32H2. The number of benzene rings is 2. The van der Waals surface area contributed by atoms with Crippen LogP contribution < -0.4 is 5.73 Å². The summed E-state index contributed by atoms with van der Waals surface area (Å²) in [6, 6.07) is 18.0. The predicted molar refractivity (Wildman–Crippen MR) is 150 cm³/mol. The van der Waals surface area contributed by atoms with Gasteiger partial charge >= 0.3 is 0 Å². The molecule has 2 heterocycles. The quantitative estimate of drug-likeness (QED) is 0.303. The fraction of sp³-hybridized carbons (Fsp3) is 0.419. The molecule has 3 aromatic rings. The van der Waals surface area contributed by atoms with Crippen molar-refractivity contribution >= 4 is 28.7 Å². The van der Waals surface area contributed by atoms with Crippen molar-refractivity contribution in [3.63, 3.8) is 0 Å². The lowest BCUT2D eigenvalue weighted by atomic mass is 9.82. The van der Waals surface area contributed by atoms with Gasteiger partial charge in [0.2, 0.25) is 0 Å². The minimum Gasteiger partial charge on any atom is -0.398 e. The van der Waals surface area contributed by atoms with E-state index in [1.165, 1.54) is 5.56 Å². The molecule has 1 aliphatic heterocycles. The Morgan fingerprint density at radius 2 is 1.73 bits per heavy atom. The van der Waals surface area contributed by atoms with Gasteiger partial charge in [-0.25, -0.2) is 0 Å². The van der Waals surface area contributed by atoms with Crippen LogP contribution in [0.15, 0.2) is 60.0 Å². The first-order chi connectivity index (χ1) is 17.9. The molecule has 0 radical (unpaired) electrons. The number of thiophene rings is 1. The van der Waals surface area contributed by atoms with Crippen molar-refractivity contribution < 1.29 is 14.7 Å². The Morgan fingerprint density at radius 3 is 2.41 bits per heavy atom. The Bertz CT molecular complexity index is 1220. The van der Waals surface area contributed by atoms with Crippen LogP contribution in [0.25, 0.3) is 10.4 Å². The molecule has 3 N–H and O–H groups in total. The molecule has 5 nitrogen and oxygen atoms in total. The highest BCUT2D eigenvalue weighted by molar-refractivity contribution is 7.13. The molecule has 37 heavy (non-hydrogen) atoms. The maximum Gasteiger partial charge on any atom is 0.254 e. The van der Waals surface area contributed by atoms with E-state index in [1.54, 1.807) is 11.3 Å². The Hall–Kier alpha value is -2.96. The number of hydrogen-bond donors (Lipinski definition) is 2. The molecule has 0 bridgehead atoms. The number of carbonyl (C=O) groups is 2. The van der Waals surface area contributed by atoms with Crippen LogP contribution >= 0.6 is 11.3 Å². The van der Waals surface area contributed by atoms with E-state index >= 15 is 0 Å². The molecule has 5 rings (SSSR count). The second-order valence-electron chi connectivity index (χ2n) is 10.7. The van der Waals surface area contributed by atoms with Crippen LogP contribution in [0.5, 0.6) is 0 Å². The van der Waals surface area contributed by atoms with E-state index in [1.807, 2.05) is 46.7 Å². The number of carbonyl (C=O) groups excluding carboxylic acids is 2. The molecule has 0 unspecified atom stereocenters. The molecule has 2 fully saturated rings. The summed E-state index contributed by atoms with van der Waals surface area (Å²) in [6.07, 6.45) is 7.30. The average molecular weight is 517 g/mol. The molecule has 1 saturated carbocycles. The van der Waals surface area contributed by atoms with Crippen LogP contribution in [-0.2, 0) is 17.6 Å². The summed E-state index contributed by atoms with van der Waals surface area (Å²) in [7, 11) is 0. The normalized spacial score (nSPS) is 18.0. The second-order valence-corrected chi connectivity index (χ2v) is 11.7. The molecular weight excluding hydrogens is 480 g/mol. The number of nitrogens with two attached hydrogens (primary N) is 1. The first-order valence-electron chi connectivity index (χ1n) is 13.5. The van der Waals surface area contributed by atoms with Crippen LogP contribution in [0.1, 0.15) is 66.4 Å². The van der Waals surface area contributed by atoms with Gasteiger partial charge in [0.1, 0.15) is 5.60 Å². The topological polar surface area (TPSA) is 83.6 Å². The molecule has 6 heteroatoms. The average Bonchev–Trinajstić information content (AvgIpc) is 3.46. The Balaban J connectivity index is 1.14. The van der Waals surface area contributed by atoms with Gasteiger partial charge in [-0.1, -0.05) is 55.7 Å². The number of ketones is 1. The number of piperidine rings is 1. The summed E-state index contributed by atoms with van der Waals surface area (Å²) in [6.45, 7) is 1.43. The Kier molecular flexibility index (Phi) is 7.77. The van der Waals surface area contributed by atoms with Gasteiger partial charge in [0.15, 0.2) is 5.78 Å². The Labute approximate surface area is 223 Å². The van der Waals surface area contributed by atoms with Crippen molar-refractivity contribution in [3.8, 4) is 10.4 Å². The maximum atomic E-state index is 13.0. The van der Waals surface area contributed by atoms with E-state index in [-0.39, 0.29) is 18.1 Å². The van der Waals surface area contributed by atoms with E-state index in [0.717, 1.165) is 54.5 Å². The van der Waals surface area contributed by atoms with Crippen molar-refractivity contribution in [1.29, 1.82) is 0 Å². The van der Waals surface area contributed by atoms with Crippen molar-refractivity contribution in [2.45, 2.75) is 63.4 Å². The third kappa shape index (κ3) is 5.97. The highest BCUT2D eigenvalue weighted by Gasteiger charge is 2.40. The summed E-state index contributed by atoms with van der Waals surface area (Å²) in [5.74, 6) is 0.510. The number of likely N-dealkylation sites (tertiary alicyclic amines) is 1. The lowest BCUT2D eigenvalue weighted by Gasteiger charge is -2.39. The van der Waals surface area contributed by atoms with Crippen molar-refractivity contribution in [2.75, 3.05) is 18.8 Å². The van der Waals surface area contributed by atoms with Gasteiger partial charge in [-0.05, 0) is 78.3 Å². The zero-order valence-corrected chi connectivity index (χ0v) is 22.1. The zero-order chi connectivity index (χ0) is 25.8. The van der Waals surface area contributed by atoms with Gasteiger partial charge in [-0.15, -0.1) is 11.3 Å². The smallest absolute Gasteiger partial charge is 0.254 e. The van der Waals surface area contributed by atoms with E-state index in [9.17, 15) is 14.7 Å². The molecule has 1 amide bonds. The molecule has 2 aliphatic rings. The number of Topliss-reactive ketones (excluding diaryl/α,β-unsaturated/α-hetero) is 1. The third-order valence-corrected chi connectivity index (χ3v) is 9.00. The Morgan fingerprint density at radius 1 is 1.00 bits per heavy atom.